The smallest absolute Gasteiger partial charge is 0.311 e. The Morgan fingerprint density at radius 2 is 1.76 bits per heavy atom. The average molecular weight is 352 g/mol. The molecule has 7 heteroatoms. The zero-order valence-electron chi connectivity index (χ0n) is 12.2. The molecule has 0 radical (unpaired) electrons. The fourth-order valence-corrected chi connectivity index (χ4v) is 5.05. The molecule has 0 aromatic heterocycles. The summed E-state index contributed by atoms with van der Waals surface area (Å²) in [4.78, 5) is 2.13. The molecule has 1 aliphatic rings. The number of nitrogens with zero attached hydrogens (tertiary/aromatic N) is 1. The number of benzene rings is 1. The minimum Gasteiger partial charge on any atom is -0.311 e. The van der Waals surface area contributed by atoms with Crippen LogP contribution in [-0.2, 0) is 13.6 Å². The minimum atomic E-state index is -3.33. The molecule has 1 atom stereocenters. The number of rotatable bonds is 5. The van der Waals surface area contributed by atoms with Gasteiger partial charge in [-0.25, -0.2) is 0 Å². The van der Waals surface area contributed by atoms with E-state index < -0.39 is 13.4 Å². The van der Waals surface area contributed by atoms with E-state index in [1.807, 2.05) is 0 Å². The molecule has 1 aliphatic heterocycles. The van der Waals surface area contributed by atoms with Gasteiger partial charge in [-0.3, -0.25) is 9.46 Å². The fraction of sp³-hybridized carbons (Fsp3) is 0.571. The van der Waals surface area contributed by atoms with Crippen LogP contribution in [0, 0.1) is 0 Å². The highest BCUT2D eigenvalue weighted by Gasteiger charge is 2.41. The van der Waals surface area contributed by atoms with Crippen LogP contribution in [-0.4, -0.2) is 32.2 Å². The predicted molar refractivity (Wildman–Crippen MR) is 86.3 cm³/mol. The summed E-state index contributed by atoms with van der Waals surface area (Å²) in [6.45, 7) is 1.70. The van der Waals surface area contributed by atoms with Crippen molar-refractivity contribution in [3.8, 4) is 0 Å². The summed E-state index contributed by atoms with van der Waals surface area (Å²) in [7, 11) is -0.510. The fourth-order valence-electron chi connectivity index (χ4n) is 2.72. The summed E-state index contributed by atoms with van der Waals surface area (Å²) in [5.41, 5.74) is 0.731. The highest BCUT2D eigenvalue weighted by molar-refractivity contribution is 7.54. The summed E-state index contributed by atoms with van der Waals surface area (Å²) in [6, 6.07) is 5.20. The molecule has 1 aromatic carbocycles. The van der Waals surface area contributed by atoms with Gasteiger partial charge in [0.2, 0.25) is 0 Å². The molecule has 2 rings (SSSR count). The van der Waals surface area contributed by atoms with Gasteiger partial charge >= 0.3 is 7.60 Å². The zero-order valence-corrected chi connectivity index (χ0v) is 14.6. The van der Waals surface area contributed by atoms with E-state index in [2.05, 4.69) is 4.90 Å². The lowest BCUT2D eigenvalue weighted by Crippen LogP contribution is -2.34. The number of likely N-dealkylation sites (tertiary alicyclic amines) is 1. The Balaban J connectivity index is 2.46. The lowest BCUT2D eigenvalue weighted by molar-refractivity contribution is 0.165. The molecule has 1 aromatic rings. The summed E-state index contributed by atoms with van der Waals surface area (Å²) in [5, 5.41) is 1.03. The molecule has 118 valence electrons. The van der Waals surface area contributed by atoms with Crippen molar-refractivity contribution in [1.29, 1.82) is 0 Å². The van der Waals surface area contributed by atoms with Crippen LogP contribution >= 0.6 is 30.8 Å². The molecule has 0 bridgehead atoms. The molecular weight excluding hydrogens is 332 g/mol. The maximum absolute atomic E-state index is 13.0. The second-order valence-electron chi connectivity index (χ2n) is 5.04. The molecule has 1 heterocycles. The maximum atomic E-state index is 13.0. The molecule has 21 heavy (non-hydrogen) atoms. The van der Waals surface area contributed by atoms with Crippen LogP contribution in [0.2, 0.25) is 10.0 Å². The first kappa shape index (κ1) is 17.3. The standard InChI is InChI=1S/C14H20Cl2NO3P/c1-19-21(18,20-2)14(17-8-4-3-5-9-17)12-7-6-11(15)10-13(12)16/h6-7,10,14H,3-5,8-9H2,1-2H3. The normalized spacial score (nSPS) is 18.7. The Labute approximate surface area is 135 Å². The van der Waals surface area contributed by atoms with Crippen LogP contribution in [0.5, 0.6) is 0 Å². The second-order valence-corrected chi connectivity index (χ2v) is 8.18. The summed E-state index contributed by atoms with van der Waals surface area (Å²) >= 11 is 12.3. The highest BCUT2D eigenvalue weighted by Crippen LogP contribution is 2.62. The van der Waals surface area contributed by atoms with E-state index in [0.717, 1.165) is 31.5 Å². The van der Waals surface area contributed by atoms with Crippen molar-refractivity contribution in [3.63, 3.8) is 0 Å². The molecular formula is C14H20Cl2NO3P. The Bertz CT molecular complexity index is 527. The van der Waals surface area contributed by atoms with Crippen LogP contribution in [0.3, 0.4) is 0 Å². The Morgan fingerprint density at radius 1 is 1.14 bits per heavy atom. The van der Waals surface area contributed by atoms with Crippen molar-refractivity contribution in [2.24, 2.45) is 0 Å². The molecule has 0 spiro atoms. The number of hydrogen-bond donors (Lipinski definition) is 0. The van der Waals surface area contributed by atoms with Crippen molar-refractivity contribution >= 4 is 30.8 Å². The van der Waals surface area contributed by atoms with Crippen LogP contribution < -0.4 is 0 Å². The van der Waals surface area contributed by atoms with Gasteiger partial charge in [0.15, 0.2) is 0 Å². The van der Waals surface area contributed by atoms with Gasteiger partial charge in [0.05, 0.1) is 0 Å². The van der Waals surface area contributed by atoms with Crippen LogP contribution in [0.1, 0.15) is 30.6 Å². The lowest BCUT2D eigenvalue weighted by atomic mass is 10.1. The van der Waals surface area contributed by atoms with E-state index >= 15 is 0 Å². The Kier molecular flexibility index (Phi) is 6.13. The van der Waals surface area contributed by atoms with Gasteiger partial charge in [-0.1, -0.05) is 35.7 Å². The number of halogens is 2. The van der Waals surface area contributed by atoms with Gasteiger partial charge in [-0.15, -0.1) is 0 Å². The summed E-state index contributed by atoms with van der Waals surface area (Å²) < 4.78 is 23.5. The van der Waals surface area contributed by atoms with Gasteiger partial charge in [-0.05, 0) is 38.1 Å². The lowest BCUT2D eigenvalue weighted by Gasteiger charge is -2.37. The third-order valence-electron chi connectivity index (χ3n) is 3.79. The van der Waals surface area contributed by atoms with Gasteiger partial charge in [0.1, 0.15) is 5.78 Å². The van der Waals surface area contributed by atoms with E-state index in [9.17, 15) is 4.57 Å². The monoisotopic (exact) mass is 351 g/mol. The number of hydrogen-bond acceptors (Lipinski definition) is 4. The Hall–Kier alpha value is -0.0900. The largest absolute Gasteiger partial charge is 0.351 e. The third kappa shape index (κ3) is 3.82. The van der Waals surface area contributed by atoms with Crippen LogP contribution in [0.15, 0.2) is 18.2 Å². The van der Waals surface area contributed by atoms with E-state index in [0.29, 0.717) is 10.0 Å². The molecule has 0 amide bonds. The first-order valence-corrected chi connectivity index (χ1v) is 9.29. The van der Waals surface area contributed by atoms with Gasteiger partial charge in [0.25, 0.3) is 0 Å². The Morgan fingerprint density at radius 3 is 2.29 bits per heavy atom. The van der Waals surface area contributed by atoms with E-state index in [1.54, 1.807) is 18.2 Å². The summed E-state index contributed by atoms with van der Waals surface area (Å²) in [6.07, 6.45) is 3.31. The van der Waals surface area contributed by atoms with Gasteiger partial charge in [-0.2, -0.15) is 0 Å². The van der Waals surface area contributed by atoms with Crippen molar-refractivity contribution in [2.75, 3.05) is 27.3 Å². The quantitative estimate of drug-likeness (QED) is 0.702. The van der Waals surface area contributed by atoms with Crippen LogP contribution in [0.4, 0.5) is 0 Å². The van der Waals surface area contributed by atoms with Crippen molar-refractivity contribution in [3.05, 3.63) is 33.8 Å². The first-order chi connectivity index (χ1) is 10.0. The van der Waals surface area contributed by atoms with Crippen molar-refractivity contribution in [1.82, 2.24) is 4.90 Å². The third-order valence-corrected chi connectivity index (χ3v) is 6.57. The SMILES string of the molecule is COP(=O)(OC)C(c1ccc(Cl)cc1Cl)N1CCCCC1. The van der Waals surface area contributed by atoms with Crippen molar-refractivity contribution < 1.29 is 13.6 Å². The molecule has 1 unspecified atom stereocenters. The molecule has 0 aliphatic carbocycles. The van der Waals surface area contributed by atoms with E-state index in [1.165, 1.54) is 20.6 Å². The highest BCUT2D eigenvalue weighted by atomic mass is 35.5. The molecule has 1 fully saturated rings. The molecule has 0 N–H and O–H groups in total. The molecule has 0 saturated carbocycles. The van der Waals surface area contributed by atoms with Crippen molar-refractivity contribution in [2.45, 2.75) is 25.0 Å². The van der Waals surface area contributed by atoms with E-state index in [4.69, 9.17) is 32.2 Å². The zero-order chi connectivity index (χ0) is 15.5. The minimum absolute atomic E-state index is 0.479. The van der Waals surface area contributed by atoms with E-state index in [-0.39, 0.29) is 0 Å². The predicted octanol–water partition coefficient (Wildman–Crippen LogP) is 4.96. The average Bonchev–Trinajstić information content (AvgIpc) is 2.50. The topological polar surface area (TPSA) is 38.8 Å². The maximum Gasteiger partial charge on any atom is 0.351 e. The first-order valence-electron chi connectivity index (χ1n) is 6.92. The molecule has 4 nitrogen and oxygen atoms in total. The van der Waals surface area contributed by atoms with Gasteiger partial charge in [0, 0.05) is 29.8 Å². The molecule has 1 saturated heterocycles. The second kappa shape index (κ2) is 7.45. The van der Waals surface area contributed by atoms with Gasteiger partial charge < -0.3 is 9.05 Å². The summed E-state index contributed by atoms with van der Waals surface area (Å²) in [5.74, 6) is -0.502. The number of piperidine rings is 1. The van der Waals surface area contributed by atoms with Crippen LogP contribution in [0.25, 0.3) is 0 Å².